The van der Waals surface area contributed by atoms with Crippen LogP contribution in [-0.2, 0) is 0 Å². The van der Waals surface area contributed by atoms with Crippen LogP contribution in [0.3, 0.4) is 0 Å². The van der Waals surface area contributed by atoms with Crippen LogP contribution in [0, 0.1) is 0 Å². The standard InChI is InChI=1S/C23H23N3O3/c1-15(2)16-4-6-19(7-5-16)25-22(27)17-12-18(14-24-13-17)23(28)26-20-8-10-21(29-3)11-9-20/h4-15H,1-3H3,(H,25,27)(H,26,28). The van der Waals surface area contributed by atoms with Crippen LogP contribution in [0.4, 0.5) is 11.4 Å². The third kappa shape index (κ3) is 5.19. The van der Waals surface area contributed by atoms with E-state index in [9.17, 15) is 9.59 Å². The van der Waals surface area contributed by atoms with Crippen molar-refractivity contribution in [1.29, 1.82) is 0 Å². The summed E-state index contributed by atoms with van der Waals surface area (Å²) in [4.78, 5) is 29.1. The van der Waals surface area contributed by atoms with Crippen LogP contribution in [0.25, 0.3) is 0 Å². The summed E-state index contributed by atoms with van der Waals surface area (Å²) in [6, 6.07) is 16.2. The van der Waals surface area contributed by atoms with E-state index in [0.717, 1.165) is 0 Å². The van der Waals surface area contributed by atoms with Crippen molar-refractivity contribution in [3.63, 3.8) is 0 Å². The lowest BCUT2D eigenvalue weighted by Gasteiger charge is -2.09. The normalized spacial score (nSPS) is 10.5. The minimum absolute atomic E-state index is 0.295. The van der Waals surface area contributed by atoms with E-state index in [2.05, 4.69) is 29.5 Å². The van der Waals surface area contributed by atoms with E-state index in [1.165, 1.54) is 24.0 Å². The van der Waals surface area contributed by atoms with Crippen molar-refractivity contribution in [3.05, 3.63) is 83.7 Å². The van der Waals surface area contributed by atoms with E-state index in [1.807, 2.05) is 24.3 Å². The molecule has 0 aliphatic heterocycles. The predicted molar refractivity (Wildman–Crippen MR) is 114 cm³/mol. The topological polar surface area (TPSA) is 80.3 Å². The van der Waals surface area contributed by atoms with Gasteiger partial charge in [0.05, 0.1) is 18.2 Å². The molecular weight excluding hydrogens is 366 g/mol. The first-order valence-electron chi connectivity index (χ1n) is 9.28. The highest BCUT2D eigenvalue weighted by Crippen LogP contribution is 2.18. The summed E-state index contributed by atoms with van der Waals surface area (Å²) in [5.74, 6) is 0.446. The predicted octanol–water partition coefficient (Wildman–Crippen LogP) is 4.72. The molecule has 0 unspecified atom stereocenters. The molecule has 0 fully saturated rings. The van der Waals surface area contributed by atoms with E-state index in [4.69, 9.17) is 4.74 Å². The molecule has 0 radical (unpaired) electrons. The Bertz CT molecular complexity index is 997. The van der Waals surface area contributed by atoms with Crippen molar-refractivity contribution in [2.75, 3.05) is 17.7 Å². The van der Waals surface area contributed by atoms with Crippen LogP contribution >= 0.6 is 0 Å². The number of pyridine rings is 1. The highest BCUT2D eigenvalue weighted by Gasteiger charge is 2.12. The summed E-state index contributed by atoms with van der Waals surface area (Å²) in [5, 5.41) is 5.60. The lowest BCUT2D eigenvalue weighted by Crippen LogP contribution is -2.16. The number of carbonyl (C=O) groups excluding carboxylic acids is 2. The molecule has 2 N–H and O–H groups in total. The second kappa shape index (κ2) is 9.01. The lowest BCUT2D eigenvalue weighted by atomic mass is 10.0. The zero-order chi connectivity index (χ0) is 20.8. The number of nitrogens with zero attached hydrogens (tertiary/aromatic N) is 1. The van der Waals surface area contributed by atoms with Gasteiger partial charge in [0.1, 0.15) is 5.75 Å². The van der Waals surface area contributed by atoms with Gasteiger partial charge in [0.2, 0.25) is 0 Å². The lowest BCUT2D eigenvalue weighted by molar-refractivity contribution is 0.102. The minimum atomic E-state index is -0.349. The number of benzene rings is 2. The fourth-order valence-corrected chi connectivity index (χ4v) is 2.72. The van der Waals surface area contributed by atoms with Gasteiger partial charge in [0.15, 0.2) is 0 Å². The van der Waals surface area contributed by atoms with Crippen LogP contribution in [-0.4, -0.2) is 23.9 Å². The molecule has 6 heteroatoms. The number of anilines is 2. The molecular formula is C23H23N3O3. The van der Waals surface area contributed by atoms with Gasteiger partial charge < -0.3 is 15.4 Å². The summed E-state index contributed by atoms with van der Waals surface area (Å²) in [5.41, 5.74) is 3.11. The Labute approximate surface area is 169 Å². The third-order valence-electron chi connectivity index (χ3n) is 4.45. The molecule has 6 nitrogen and oxygen atoms in total. The molecule has 0 saturated heterocycles. The molecule has 0 aliphatic rings. The summed E-state index contributed by atoms with van der Waals surface area (Å²) in [7, 11) is 1.58. The number of methoxy groups -OCH3 is 1. The smallest absolute Gasteiger partial charge is 0.257 e. The van der Waals surface area contributed by atoms with Gasteiger partial charge in [-0.3, -0.25) is 14.6 Å². The first-order valence-corrected chi connectivity index (χ1v) is 9.28. The van der Waals surface area contributed by atoms with Gasteiger partial charge in [0.25, 0.3) is 11.8 Å². The molecule has 0 saturated carbocycles. The van der Waals surface area contributed by atoms with E-state index in [-0.39, 0.29) is 11.8 Å². The van der Waals surface area contributed by atoms with Gasteiger partial charge >= 0.3 is 0 Å². The molecule has 2 amide bonds. The first-order chi connectivity index (χ1) is 14.0. The number of aromatic nitrogens is 1. The molecule has 0 aliphatic carbocycles. The highest BCUT2D eigenvalue weighted by atomic mass is 16.5. The van der Waals surface area contributed by atoms with Gasteiger partial charge in [-0.25, -0.2) is 0 Å². The van der Waals surface area contributed by atoms with E-state index >= 15 is 0 Å². The maximum atomic E-state index is 12.5. The first kappa shape index (κ1) is 20.1. The Morgan fingerprint density at radius 2 is 1.31 bits per heavy atom. The van der Waals surface area contributed by atoms with Crippen LogP contribution in [0.5, 0.6) is 5.75 Å². The van der Waals surface area contributed by atoms with Crippen molar-refractivity contribution in [1.82, 2.24) is 4.98 Å². The van der Waals surface area contributed by atoms with Crippen molar-refractivity contribution in [2.24, 2.45) is 0 Å². The summed E-state index contributed by atoms with van der Waals surface area (Å²) >= 11 is 0. The summed E-state index contributed by atoms with van der Waals surface area (Å²) in [6.07, 6.45) is 2.86. The Balaban J connectivity index is 1.68. The molecule has 1 heterocycles. The Morgan fingerprint density at radius 1 is 0.828 bits per heavy atom. The van der Waals surface area contributed by atoms with Crippen LogP contribution in [0.2, 0.25) is 0 Å². The fraction of sp³-hybridized carbons (Fsp3) is 0.174. The fourth-order valence-electron chi connectivity index (χ4n) is 2.72. The largest absolute Gasteiger partial charge is 0.497 e. The maximum Gasteiger partial charge on any atom is 0.257 e. The number of rotatable bonds is 6. The number of amides is 2. The highest BCUT2D eigenvalue weighted by molar-refractivity contribution is 6.08. The number of ether oxygens (including phenoxy) is 1. The van der Waals surface area contributed by atoms with Gasteiger partial charge in [-0.2, -0.15) is 0 Å². The van der Waals surface area contributed by atoms with E-state index in [1.54, 1.807) is 31.4 Å². The molecule has 2 aromatic carbocycles. The van der Waals surface area contributed by atoms with E-state index < -0.39 is 0 Å². The number of hydrogen-bond donors (Lipinski definition) is 2. The SMILES string of the molecule is COc1ccc(NC(=O)c2cncc(C(=O)Nc3ccc(C(C)C)cc3)c2)cc1. The second-order valence-corrected chi connectivity index (χ2v) is 6.88. The van der Waals surface area contributed by atoms with Crippen LogP contribution in [0.1, 0.15) is 46.0 Å². The molecule has 0 bridgehead atoms. The molecule has 3 aromatic rings. The monoisotopic (exact) mass is 389 g/mol. The van der Waals surface area contributed by atoms with Crippen LogP contribution in [0.15, 0.2) is 67.0 Å². The Morgan fingerprint density at radius 3 is 1.76 bits per heavy atom. The van der Waals surface area contributed by atoms with Crippen molar-refractivity contribution < 1.29 is 14.3 Å². The number of nitrogens with one attached hydrogen (secondary N) is 2. The number of carbonyl (C=O) groups is 2. The average Bonchev–Trinajstić information content (AvgIpc) is 2.74. The van der Waals surface area contributed by atoms with Gasteiger partial charge in [-0.1, -0.05) is 26.0 Å². The zero-order valence-corrected chi connectivity index (χ0v) is 16.6. The molecule has 0 atom stereocenters. The Kier molecular flexibility index (Phi) is 6.24. The van der Waals surface area contributed by atoms with Gasteiger partial charge in [0, 0.05) is 23.8 Å². The maximum absolute atomic E-state index is 12.5. The van der Waals surface area contributed by atoms with Crippen molar-refractivity contribution >= 4 is 23.2 Å². The van der Waals surface area contributed by atoms with Gasteiger partial charge in [-0.15, -0.1) is 0 Å². The quantitative estimate of drug-likeness (QED) is 0.639. The third-order valence-corrected chi connectivity index (χ3v) is 4.45. The average molecular weight is 389 g/mol. The summed E-state index contributed by atoms with van der Waals surface area (Å²) in [6.45, 7) is 4.23. The molecule has 148 valence electrons. The van der Waals surface area contributed by atoms with Crippen molar-refractivity contribution in [2.45, 2.75) is 19.8 Å². The Hall–Kier alpha value is -3.67. The van der Waals surface area contributed by atoms with Gasteiger partial charge in [-0.05, 0) is 53.9 Å². The molecule has 3 rings (SSSR count). The number of hydrogen-bond acceptors (Lipinski definition) is 4. The molecule has 0 spiro atoms. The van der Waals surface area contributed by atoms with E-state index in [0.29, 0.717) is 34.2 Å². The molecule has 1 aromatic heterocycles. The molecule has 29 heavy (non-hydrogen) atoms. The van der Waals surface area contributed by atoms with Crippen LogP contribution < -0.4 is 15.4 Å². The summed E-state index contributed by atoms with van der Waals surface area (Å²) < 4.78 is 5.10. The second-order valence-electron chi connectivity index (χ2n) is 6.88. The zero-order valence-electron chi connectivity index (χ0n) is 16.6. The van der Waals surface area contributed by atoms with Crippen molar-refractivity contribution in [3.8, 4) is 5.75 Å². The minimum Gasteiger partial charge on any atom is -0.497 e.